The Kier molecular flexibility index (Phi) is 4.21. The van der Waals surface area contributed by atoms with Gasteiger partial charge in [-0.2, -0.15) is 10.1 Å². The van der Waals surface area contributed by atoms with E-state index >= 15 is 0 Å². The number of likely N-dealkylation sites (tertiary alicyclic amines) is 1. The Morgan fingerprint density at radius 3 is 2.64 bits per heavy atom. The number of benzene rings is 1. The molecule has 1 N–H and O–H groups in total. The molecule has 0 spiro atoms. The summed E-state index contributed by atoms with van der Waals surface area (Å²) in [6.45, 7) is 3.55. The van der Waals surface area contributed by atoms with Gasteiger partial charge in [-0.05, 0) is 43.9 Å². The number of allylic oxidation sites excluding steroid dienone is 1. The zero-order chi connectivity index (χ0) is 17.4. The highest BCUT2D eigenvalue weighted by Gasteiger charge is 2.35. The van der Waals surface area contributed by atoms with Crippen molar-refractivity contribution in [3.8, 4) is 0 Å². The Balaban J connectivity index is 1.78. The third kappa shape index (κ3) is 2.91. The van der Waals surface area contributed by atoms with Gasteiger partial charge in [-0.15, -0.1) is 0 Å². The summed E-state index contributed by atoms with van der Waals surface area (Å²) in [6, 6.07) is 7.27. The topological polar surface area (TPSA) is 63.1 Å². The molecule has 1 fully saturated rings. The second-order valence-corrected chi connectivity index (χ2v) is 6.94. The van der Waals surface area contributed by atoms with E-state index in [0.29, 0.717) is 11.0 Å². The van der Waals surface area contributed by atoms with Crippen LogP contribution in [0.25, 0.3) is 0 Å². The molecule has 1 atom stereocenters. The van der Waals surface area contributed by atoms with E-state index in [-0.39, 0.29) is 11.9 Å². The molecule has 1 aromatic carbocycles. The lowest BCUT2D eigenvalue weighted by molar-refractivity contribution is -0.128. The zero-order valence-corrected chi connectivity index (χ0v) is 14.8. The molecule has 0 aliphatic carbocycles. The van der Waals surface area contributed by atoms with Gasteiger partial charge in [0.15, 0.2) is 0 Å². The van der Waals surface area contributed by atoms with Crippen LogP contribution in [-0.2, 0) is 4.79 Å². The van der Waals surface area contributed by atoms with Gasteiger partial charge in [0.05, 0.1) is 5.57 Å². The lowest BCUT2D eigenvalue weighted by atomic mass is 9.94. The van der Waals surface area contributed by atoms with E-state index in [0.717, 1.165) is 42.8 Å². The molecular formula is C18H20ClN5O. The van der Waals surface area contributed by atoms with Gasteiger partial charge in [-0.1, -0.05) is 23.7 Å². The van der Waals surface area contributed by atoms with Gasteiger partial charge in [0.1, 0.15) is 12.4 Å². The molecular weight excluding hydrogens is 338 g/mol. The van der Waals surface area contributed by atoms with Crippen molar-refractivity contribution in [1.29, 1.82) is 0 Å². The first-order chi connectivity index (χ1) is 12.1. The summed E-state index contributed by atoms with van der Waals surface area (Å²) in [5.74, 6) is 0.721. The van der Waals surface area contributed by atoms with Crippen molar-refractivity contribution in [2.24, 2.45) is 0 Å². The van der Waals surface area contributed by atoms with E-state index in [4.69, 9.17) is 11.6 Å². The molecule has 0 saturated carbocycles. The van der Waals surface area contributed by atoms with Crippen molar-refractivity contribution in [2.75, 3.05) is 18.4 Å². The molecule has 2 aromatic rings. The number of rotatable bonds is 2. The number of hydrogen-bond acceptors (Lipinski definition) is 4. The highest BCUT2D eigenvalue weighted by atomic mass is 35.5. The van der Waals surface area contributed by atoms with Crippen molar-refractivity contribution < 1.29 is 4.79 Å². The molecule has 2 aliphatic rings. The first-order valence-corrected chi connectivity index (χ1v) is 8.95. The smallest absolute Gasteiger partial charge is 0.254 e. The van der Waals surface area contributed by atoms with Crippen LogP contribution in [0.15, 0.2) is 41.9 Å². The summed E-state index contributed by atoms with van der Waals surface area (Å²) in [7, 11) is 0. The molecule has 4 rings (SSSR count). The summed E-state index contributed by atoms with van der Waals surface area (Å²) in [4.78, 5) is 19.5. The van der Waals surface area contributed by atoms with E-state index in [1.54, 1.807) is 4.68 Å². The monoisotopic (exact) mass is 357 g/mol. The predicted octanol–water partition coefficient (Wildman–Crippen LogP) is 3.23. The molecule has 0 radical (unpaired) electrons. The Morgan fingerprint density at radius 1 is 1.20 bits per heavy atom. The first-order valence-electron chi connectivity index (χ1n) is 8.57. The van der Waals surface area contributed by atoms with E-state index in [2.05, 4.69) is 15.4 Å². The lowest BCUT2D eigenvalue weighted by Gasteiger charge is -2.34. The minimum atomic E-state index is -0.301. The van der Waals surface area contributed by atoms with Gasteiger partial charge >= 0.3 is 0 Å². The van der Waals surface area contributed by atoms with Crippen molar-refractivity contribution in [3.63, 3.8) is 0 Å². The van der Waals surface area contributed by atoms with Crippen LogP contribution < -0.4 is 5.32 Å². The Hall–Kier alpha value is -2.34. The molecule has 7 heteroatoms. The van der Waals surface area contributed by atoms with Gasteiger partial charge in [0, 0.05) is 23.8 Å². The van der Waals surface area contributed by atoms with Crippen LogP contribution in [0, 0.1) is 0 Å². The average Bonchev–Trinajstić information content (AvgIpc) is 3.09. The van der Waals surface area contributed by atoms with Crippen LogP contribution in [0.1, 0.15) is 37.8 Å². The number of nitrogens with zero attached hydrogens (tertiary/aromatic N) is 4. The van der Waals surface area contributed by atoms with Crippen LogP contribution in [-0.4, -0.2) is 38.7 Å². The third-order valence-electron chi connectivity index (χ3n) is 4.85. The van der Waals surface area contributed by atoms with Gasteiger partial charge in [0.25, 0.3) is 5.91 Å². The average molecular weight is 358 g/mol. The molecule has 1 unspecified atom stereocenters. The van der Waals surface area contributed by atoms with E-state index in [9.17, 15) is 4.79 Å². The van der Waals surface area contributed by atoms with Gasteiger partial charge in [0.2, 0.25) is 5.95 Å². The molecule has 3 heterocycles. The fraction of sp³-hybridized carbons (Fsp3) is 0.389. The number of halogens is 1. The molecule has 0 bridgehead atoms. The molecule has 1 aromatic heterocycles. The highest BCUT2D eigenvalue weighted by Crippen LogP contribution is 2.36. The number of carbonyl (C=O) groups is 1. The number of hydrogen-bond donors (Lipinski definition) is 1. The van der Waals surface area contributed by atoms with Crippen LogP contribution in [0.3, 0.4) is 0 Å². The molecule has 130 valence electrons. The third-order valence-corrected chi connectivity index (χ3v) is 5.11. The summed E-state index contributed by atoms with van der Waals surface area (Å²) < 4.78 is 1.77. The Morgan fingerprint density at radius 2 is 1.92 bits per heavy atom. The van der Waals surface area contributed by atoms with Crippen molar-refractivity contribution in [1.82, 2.24) is 19.7 Å². The summed E-state index contributed by atoms with van der Waals surface area (Å²) >= 11 is 6.04. The largest absolute Gasteiger partial charge is 0.339 e. The van der Waals surface area contributed by atoms with Crippen LogP contribution in [0.2, 0.25) is 5.02 Å². The molecule has 2 aliphatic heterocycles. The van der Waals surface area contributed by atoms with E-state index < -0.39 is 0 Å². The zero-order valence-electron chi connectivity index (χ0n) is 14.1. The number of amides is 1. The summed E-state index contributed by atoms with van der Waals surface area (Å²) in [6.07, 6.45) is 4.82. The number of piperidine rings is 1. The van der Waals surface area contributed by atoms with Gasteiger partial charge < -0.3 is 10.2 Å². The molecule has 1 saturated heterocycles. The number of carbonyl (C=O) groups excluding carboxylic acids is 1. The minimum Gasteiger partial charge on any atom is -0.339 e. The van der Waals surface area contributed by atoms with Crippen LogP contribution in [0.4, 0.5) is 5.95 Å². The fourth-order valence-corrected chi connectivity index (χ4v) is 3.71. The second kappa shape index (κ2) is 6.52. The van der Waals surface area contributed by atoms with E-state index in [1.807, 2.05) is 36.1 Å². The minimum absolute atomic E-state index is 0.0748. The maximum absolute atomic E-state index is 13.3. The van der Waals surface area contributed by atoms with Crippen LogP contribution in [0.5, 0.6) is 0 Å². The number of aromatic nitrogens is 3. The summed E-state index contributed by atoms with van der Waals surface area (Å²) in [5.41, 5.74) is 2.52. The normalized spacial score (nSPS) is 20.2. The van der Waals surface area contributed by atoms with Gasteiger partial charge in [-0.3, -0.25) is 4.79 Å². The van der Waals surface area contributed by atoms with Crippen molar-refractivity contribution >= 4 is 23.5 Å². The lowest BCUT2D eigenvalue weighted by Crippen LogP contribution is -2.40. The van der Waals surface area contributed by atoms with E-state index in [1.165, 1.54) is 12.7 Å². The molecule has 1 amide bonds. The Bertz CT molecular complexity index is 820. The van der Waals surface area contributed by atoms with Crippen molar-refractivity contribution in [3.05, 3.63) is 52.4 Å². The van der Waals surface area contributed by atoms with Gasteiger partial charge in [-0.25, -0.2) is 4.68 Å². The second-order valence-electron chi connectivity index (χ2n) is 6.50. The molecule has 25 heavy (non-hydrogen) atoms. The van der Waals surface area contributed by atoms with Crippen molar-refractivity contribution in [2.45, 2.75) is 32.2 Å². The highest BCUT2D eigenvalue weighted by molar-refractivity contribution is 6.30. The standard InChI is InChI=1S/C18H20ClN5O/c1-12-15(17(25)23-9-3-2-4-10-23)16(13-5-7-14(19)8-6-13)24-18(22-12)20-11-21-24/h5-8,11,16H,2-4,9-10H2,1H3,(H,20,21,22). The SMILES string of the molecule is CC1=C(C(=O)N2CCCCC2)C(c2ccc(Cl)cc2)n2ncnc2N1. The first kappa shape index (κ1) is 16.1. The predicted molar refractivity (Wildman–Crippen MR) is 96.4 cm³/mol. The molecule has 6 nitrogen and oxygen atoms in total. The summed E-state index contributed by atoms with van der Waals surface area (Å²) in [5, 5.41) is 8.24. The number of fused-ring (bicyclic) bond motifs is 1. The van der Waals surface area contributed by atoms with Crippen LogP contribution >= 0.6 is 11.6 Å². The maximum atomic E-state index is 13.3. The Labute approximate surface area is 151 Å². The fourth-order valence-electron chi connectivity index (χ4n) is 3.59. The maximum Gasteiger partial charge on any atom is 0.254 e. The number of anilines is 1. The quantitative estimate of drug-likeness (QED) is 0.896. The number of nitrogens with one attached hydrogen (secondary N) is 1.